The SMILES string of the molecule is COc1ccc(-c2ccc3ccc(C)cc3n2)cc1C=O. The maximum Gasteiger partial charge on any atom is 0.153 e. The summed E-state index contributed by atoms with van der Waals surface area (Å²) < 4.78 is 5.16. The average molecular weight is 277 g/mol. The number of hydrogen-bond donors (Lipinski definition) is 0. The Morgan fingerprint density at radius 3 is 2.62 bits per heavy atom. The summed E-state index contributed by atoms with van der Waals surface area (Å²) in [7, 11) is 1.55. The van der Waals surface area contributed by atoms with Gasteiger partial charge in [0.05, 0.1) is 23.9 Å². The minimum absolute atomic E-state index is 0.529. The molecule has 0 saturated heterocycles. The van der Waals surface area contributed by atoms with E-state index in [0.717, 1.165) is 28.4 Å². The lowest BCUT2D eigenvalue weighted by Crippen LogP contribution is -1.92. The van der Waals surface area contributed by atoms with E-state index >= 15 is 0 Å². The third-order valence-electron chi connectivity index (χ3n) is 3.50. The molecule has 3 aromatic rings. The standard InChI is InChI=1S/C18H15NO2/c1-12-3-4-13-5-7-16(19-17(13)9-12)14-6-8-18(21-2)15(10-14)11-20/h3-11H,1-2H3. The molecule has 2 aromatic carbocycles. The molecule has 0 aliphatic rings. The van der Waals surface area contributed by atoms with Crippen LogP contribution in [0.4, 0.5) is 0 Å². The second-order valence-electron chi connectivity index (χ2n) is 4.97. The number of pyridine rings is 1. The summed E-state index contributed by atoms with van der Waals surface area (Å²) in [6.07, 6.45) is 0.799. The predicted molar refractivity (Wildman–Crippen MR) is 83.9 cm³/mol. The molecule has 3 heteroatoms. The smallest absolute Gasteiger partial charge is 0.153 e. The van der Waals surface area contributed by atoms with Crippen LogP contribution in [0.15, 0.2) is 48.5 Å². The van der Waals surface area contributed by atoms with E-state index in [4.69, 9.17) is 4.74 Å². The predicted octanol–water partition coefficient (Wildman–Crippen LogP) is 4.03. The lowest BCUT2D eigenvalue weighted by molar-refractivity contribution is 0.112. The van der Waals surface area contributed by atoms with Crippen LogP contribution in [0.5, 0.6) is 5.75 Å². The molecule has 0 amide bonds. The molecule has 0 spiro atoms. The van der Waals surface area contributed by atoms with E-state index in [9.17, 15) is 4.79 Å². The van der Waals surface area contributed by atoms with Crippen molar-refractivity contribution in [3.05, 3.63) is 59.7 Å². The van der Waals surface area contributed by atoms with Gasteiger partial charge in [-0.2, -0.15) is 0 Å². The number of aldehydes is 1. The van der Waals surface area contributed by atoms with Crippen LogP contribution in [-0.2, 0) is 0 Å². The van der Waals surface area contributed by atoms with Crippen LogP contribution < -0.4 is 4.74 Å². The van der Waals surface area contributed by atoms with Crippen molar-refractivity contribution in [1.29, 1.82) is 0 Å². The Balaban J connectivity index is 2.13. The number of benzene rings is 2. The molecule has 1 heterocycles. The molecule has 0 fully saturated rings. The van der Waals surface area contributed by atoms with Crippen LogP contribution in [0.1, 0.15) is 15.9 Å². The number of aryl methyl sites for hydroxylation is 1. The fourth-order valence-electron chi connectivity index (χ4n) is 2.37. The van der Waals surface area contributed by atoms with Crippen LogP contribution in [0.2, 0.25) is 0 Å². The van der Waals surface area contributed by atoms with Gasteiger partial charge in [0.15, 0.2) is 6.29 Å². The number of carbonyl (C=O) groups is 1. The van der Waals surface area contributed by atoms with Gasteiger partial charge in [-0.25, -0.2) is 4.98 Å². The van der Waals surface area contributed by atoms with Gasteiger partial charge in [-0.3, -0.25) is 4.79 Å². The average Bonchev–Trinajstić information content (AvgIpc) is 2.53. The number of hydrogen-bond acceptors (Lipinski definition) is 3. The summed E-state index contributed by atoms with van der Waals surface area (Å²) in [5, 5.41) is 1.11. The van der Waals surface area contributed by atoms with Gasteiger partial charge in [0.1, 0.15) is 5.75 Å². The van der Waals surface area contributed by atoms with E-state index < -0.39 is 0 Å². The third-order valence-corrected chi connectivity index (χ3v) is 3.50. The monoisotopic (exact) mass is 277 g/mol. The highest BCUT2D eigenvalue weighted by Gasteiger charge is 2.07. The van der Waals surface area contributed by atoms with E-state index in [-0.39, 0.29) is 0 Å². The highest BCUT2D eigenvalue weighted by atomic mass is 16.5. The molecule has 0 radical (unpaired) electrons. The Morgan fingerprint density at radius 1 is 1.05 bits per heavy atom. The number of methoxy groups -OCH3 is 1. The highest BCUT2D eigenvalue weighted by molar-refractivity contribution is 5.85. The summed E-state index contributed by atoms with van der Waals surface area (Å²) >= 11 is 0. The van der Waals surface area contributed by atoms with E-state index in [1.54, 1.807) is 19.2 Å². The fraction of sp³-hybridized carbons (Fsp3) is 0.111. The van der Waals surface area contributed by atoms with Gasteiger partial charge in [0.2, 0.25) is 0 Å². The number of nitrogens with zero attached hydrogens (tertiary/aromatic N) is 1. The summed E-state index contributed by atoms with van der Waals surface area (Å²) in [4.78, 5) is 15.8. The van der Waals surface area contributed by atoms with Crippen LogP contribution >= 0.6 is 0 Å². The maximum absolute atomic E-state index is 11.1. The van der Waals surface area contributed by atoms with Gasteiger partial charge in [-0.05, 0) is 42.8 Å². The molecular formula is C18H15NO2. The Kier molecular flexibility index (Phi) is 3.40. The number of aromatic nitrogens is 1. The van der Waals surface area contributed by atoms with Gasteiger partial charge in [-0.1, -0.05) is 18.2 Å². The second-order valence-corrected chi connectivity index (χ2v) is 4.97. The largest absolute Gasteiger partial charge is 0.496 e. The zero-order valence-electron chi connectivity index (χ0n) is 12.0. The first-order valence-electron chi connectivity index (χ1n) is 6.72. The molecule has 3 rings (SSSR count). The summed E-state index contributed by atoms with van der Waals surface area (Å²) in [5.74, 6) is 0.574. The fourth-order valence-corrected chi connectivity index (χ4v) is 2.37. The van der Waals surface area contributed by atoms with E-state index in [0.29, 0.717) is 11.3 Å². The minimum atomic E-state index is 0.529. The molecular weight excluding hydrogens is 262 g/mol. The molecule has 0 saturated carbocycles. The molecule has 0 bridgehead atoms. The Labute approximate surface area is 123 Å². The van der Waals surface area contributed by atoms with Crippen LogP contribution in [0, 0.1) is 6.92 Å². The molecule has 104 valence electrons. The topological polar surface area (TPSA) is 39.2 Å². The van der Waals surface area contributed by atoms with E-state index in [1.807, 2.05) is 25.1 Å². The first-order valence-corrected chi connectivity index (χ1v) is 6.72. The Morgan fingerprint density at radius 2 is 1.86 bits per heavy atom. The zero-order valence-corrected chi connectivity index (χ0v) is 12.0. The molecule has 0 aliphatic heterocycles. The molecule has 0 N–H and O–H groups in total. The lowest BCUT2D eigenvalue weighted by Gasteiger charge is -2.07. The number of fused-ring (bicyclic) bond motifs is 1. The molecule has 3 nitrogen and oxygen atoms in total. The molecule has 1 aromatic heterocycles. The first kappa shape index (κ1) is 13.3. The van der Waals surface area contributed by atoms with E-state index in [2.05, 4.69) is 23.2 Å². The molecule has 0 aliphatic carbocycles. The zero-order chi connectivity index (χ0) is 14.8. The lowest BCUT2D eigenvalue weighted by atomic mass is 10.1. The summed E-state index contributed by atoms with van der Waals surface area (Å²) in [6.45, 7) is 2.05. The van der Waals surface area contributed by atoms with Gasteiger partial charge < -0.3 is 4.74 Å². The van der Waals surface area contributed by atoms with Crippen molar-refractivity contribution in [3.8, 4) is 17.0 Å². The van der Waals surface area contributed by atoms with Crippen LogP contribution in [0.25, 0.3) is 22.2 Å². The quantitative estimate of drug-likeness (QED) is 0.678. The van der Waals surface area contributed by atoms with Gasteiger partial charge in [-0.15, -0.1) is 0 Å². The van der Waals surface area contributed by atoms with Gasteiger partial charge in [0, 0.05) is 10.9 Å². The van der Waals surface area contributed by atoms with Gasteiger partial charge >= 0.3 is 0 Å². The van der Waals surface area contributed by atoms with Crippen molar-refractivity contribution in [2.75, 3.05) is 7.11 Å². The van der Waals surface area contributed by atoms with Crippen molar-refractivity contribution >= 4 is 17.2 Å². The number of rotatable bonds is 3. The summed E-state index contributed by atoms with van der Waals surface area (Å²) in [5.41, 5.74) is 4.41. The van der Waals surface area contributed by atoms with Gasteiger partial charge in [0.25, 0.3) is 0 Å². The Bertz CT molecular complexity index is 825. The normalized spacial score (nSPS) is 10.6. The third kappa shape index (κ3) is 2.50. The Hall–Kier alpha value is -2.68. The van der Waals surface area contributed by atoms with Crippen LogP contribution in [-0.4, -0.2) is 18.4 Å². The van der Waals surface area contributed by atoms with E-state index in [1.165, 1.54) is 5.56 Å². The highest BCUT2D eigenvalue weighted by Crippen LogP contribution is 2.26. The second kappa shape index (κ2) is 5.37. The minimum Gasteiger partial charge on any atom is -0.496 e. The molecule has 0 atom stereocenters. The maximum atomic E-state index is 11.1. The number of carbonyl (C=O) groups excluding carboxylic acids is 1. The van der Waals surface area contributed by atoms with Crippen molar-refractivity contribution in [2.45, 2.75) is 6.92 Å². The van der Waals surface area contributed by atoms with Crippen LogP contribution in [0.3, 0.4) is 0 Å². The first-order chi connectivity index (χ1) is 10.2. The number of ether oxygens (including phenoxy) is 1. The van der Waals surface area contributed by atoms with Crippen molar-refractivity contribution in [3.63, 3.8) is 0 Å². The molecule has 0 unspecified atom stereocenters. The van der Waals surface area contributed by atoms with Crippen molar-refractivity contribution in [2.24, 2.45) is 0 Å². The summed E-state index contributed by atoms with van der Waals surface area (Å²) in [6, 6.07) is 15.7. The van der Waals surface area contributed by atoms with Crippen molar-refractivity contribution < 1.29 is 9.53 Å². The molecule has 21 heavy (non-hydrogen) atoms. The van der Waals surface area contributed by atoms with Crippen molar-refractivity contribution in [1.82, 2.24) is 4.98 Å².